The summed E-state index contributed by atoms with van der Waals surface area (Å²) in [5.41, 5.74) is 1.57. The molecule has 2 N–H and O–H groups in total. The normalized spacial score (nSPS) is 26.6. The number of hydrogen-bond acceptors (Lipinski definition) is 6. The van der Waals surface area contributed by atoms with Gasteiger partial charge in [-0.2, -0.15) is 0 Å². The summed E-state index contributed by atoms with van der Waals surface area (Å²) in [5.74, 6) is 0.552. The number of carbonyl (C=O) groups excluding carboxylic acids is 1. The maximum Gasteiger partial charge on any atom is 0.257 e. The minimum absolute atomic E-state index is 0.0233. The van der Waals surface area contributed by atoms with Gasteiger partial charge < -0.3 is 29.5 Å². The first-order valence-corrected chi connectivity index (χ1v) is 13.2. The van der Waals surface area contributed by atoms with Gasteiger partial charge >= 0.3 is 0 Å². The van der Waals surface area contributed by atoms with Crippen molar-refractivity contribution < 1.29 is 24.5 Å². The summed E-state index contributed by atoms with van der Waals surface area (Å²) in [4.78, 5) is 17.6. The van der Waals surface area contributed by atoms with E-state index in [1.807, 2.05) is 30.1 Å². The molecule has 0 aromatic heterocycles. The van der Waals surface area contributed by atoms with Crippen molar-refractivity contribution in [2.75, 3.05) is 40.0 Å². The van der Waals surface area contributed by atoms with Crippen molar-refractivity contribution in [1.29, 1.82) is 0 Å². The summed E-state index contributed by atoms with van der Waals surface area (Å²) >= 11 is 0. The number of aryl methyl sites for hydroxylation is 1. The van der Waals surface area contributed by atoms with E-state index < -0.39 is 12.2 Å². The van der Waals surface area contributed by atoms with Gasteiger partial charge in [0.25, 0.3) is 5.91 Å². The molecule has 7 nitrogen and oxygen atoms in total. The zero-order valence-corrected chi connectivity index (χ0v) is 20.7. The number of benzene rings is 1. The SMILES string of the molecule is CN(C(=O)c1cccc2c1OC[C@@H](O)[C@@H](O)CCN(C1CCOCC1)CCCCC2)C1CCC1. The summed E-state index contributed by atoms with van der Waals surface area (Å²) in [5, 5.41) is 21.3. The monoisotopic (exact) mass is 474 g/mol. The number of nitrogens with zero attached hydrogens (tertiary/aromatic N) is 2. The van der Waals surface area contributed by atoms with Crippen LogP contribution in [0.1, 0.15) is 73.7 Å². The summed E-state index contributed by atoms with van der Waals surface area (Å²) in [6.45, 7) is 3.34. The predicted octanol–water partition coefficient (Wildman–Crippen LogP) is 3.01. The van der Waals surface area contributed by atoms with Crippen LogP contribution in [0.3, 0.4) is 0 Å². The highest BCUT2D eigenvalue weighted by molar-refractivity contribution is 5.97. The molecule has 2 atom stereocenters. The van der Waals surface area contributed by atoms with E-state index in [1.165, 1.54) is 6.42 Å². The molecule has 2 fully saturated rings. The maximum atomic E-state index is 13.3. The molecule has 1 aliphatic carbocycles. The number of ether oxygens (including phenoxy) is 2. The van der Waals surface area contributed by atoms with E-state index in [2.05, 4.69) is 4.90 Å². The fraction of sp³-hybridized carbons (Fsp3) is 0.741. The number of amides is 1. The Bertz CT molecular complexity index is 793. The number of fused-ring (bicyclic) bond motifs is 1. The van der Waals surface area contributed by atoms with E-state index in [4.69, 9.17) is 9.47 Å². The Balaban J connectivity index is 1.48. The average Bonchev–Trinajstić information content (AvgIpc) is 2.82. The van der Waals surface area contributed by atoms with E-state index in [-0.39, 0.29) is 12.5 Å². The van der Waals surface area contributed by atoms with Crippen LogP contribution in [0.4, 0.5) is 0 Å². The second-order valence-electron chi connectivity index (χ2n) is 10.2. The molecule has 7 heteroatoms. The Hall–Kier alpha value is -1.67. The molecule has 190 valence electrons. The number of hydrogen-bond donors (Lipinski definition) is 2. The van der Waals surface area contributed by atoms with Gasteiger partial charge in [0.15, 0.2) is 0 Å². The first-order valence-electron chi connectivity index (χ1n) is 13.2. The van der Waals surface area contributed by atoms with Crippen LogP contribution in [0.25, 0.3) is 0 Å². The topological polar surface area (TPSA) is 82.5 Å². The molecule has 1 saturated heterocycles. The fourth-order valence-electron chi connectivity index (χ4n) is 5.36. The van der Waals surface area contributed by atoms with E-state index in [1.54, 1.807) is 0 Å². The quantitative estimate of drug-likeness (QED) is 0.701. The molecular weight excluding hydrogens is 432 g/mol. The Morgan fingerprint density at radius 3 is 2.50 bits per heavy atom. The lowest BCUT2D eigenvalue weighted by Crippen LogP contribution is -2.43. The van der Waals surface area contributed by atoms with Gasteiger partial charge in [-0.1, -0.05) is 18.6 Å². The second kappa shape index (κ2) is 12.3. The predicted molar refractivity (Wildman–Crippen MR) is 131 cm³/mol. The average molecular weight is 475 g/mol. The molecule has 0 spiro atoms. The third kappa shape index (κ3) is 6.30. The van der Waals surface area contributed by atoms with Crippen molar-refractivity contribution >= 4 is 5.91 Å². The summed E-state index contributed by atoms with van der Waals surface area (Å²) in [7, 11) is 1.87. The smallest absolute Gasteiger partial charge is 0.257 e. The molecule has 1 aromatic carbocycles. The third-order valence-corrected chi connectivity index (χ3v) is 7.92. The zero-order valence-electron chi connectivity index (χ0n) is 20.7. The van der Waals surface area contributed by atoms with Crippen molar-refractivity contribution in [3.8, 4) is 5.75 Å². The van der Waals surface area contributed by atoms with Gasteiger partial charge in [-0.15, -0.1) is 0 Å². The highest BCUT2D eigenvalue weighted by Crippen LogP contribution is 2.31. The molecule has 4 rings (SSSR count). The molecular formula is C27H42N2O5. The zero-order chi connectivity index (χ0) is 23.9. The molecule has 0 bridgehead atoms. The maximum absolute atomic E-state index is 13.3. The number of rotatable bonds is 3. The van der Waals surface area contributed by atoms with E-state index in [9.17, 15) is 15.0 Å². The molecule has 0 radical (unpaired) electrons. The minimum Gasteiger partial charge on any atom is -0.490 e. The van der Waals surface area contributed by atoms with Crippen molar-refractivity contribution in [3.05, 3.63) is 29.3 Å². The Kier molecular flexibility index (Phi) is 9.23. The van der Waals surface area contributed by atoms with Crippen LogP contribution in [-0.4, -0.2) is 90.2 Å². The van der Waals surface area contributed by atoms with Gasteiger partial charge in [-0.3, -0.25) is 4.79 Å². The van der Waals surface area contributed by atoms with Crippen LogP contribution in [0.15, 0.2) is 18.2 Å². The van der Waals surface area contributed by atoms with Crippen LogP contribution in [0, 0.1) is 0 Å². The summed E-state index contributed by atoms with van der Waals surface area (Å²) < 4.78 is 11.6. The van der Waals surface area contributed by atoms with Gasteiger partial charge in [0.1, 0.15) is 18.5 Å². The van der Waals surface area contributed by atoms with E-state index >= 15 is 0 Å². The third-order valence-electron chi connectivity index (χ3n) is 7.92. The fourth-order valence-corrected chi connectivity index (χ4v) is 5.36. The molecule has 3 aliphatic rings. The Morgan fingerprint density at radius 2 is 1.76 bits per heavy atom. The lowest BCUT2D eigenvalue weighted by Gasteiger charge is -2.35. The highest BCUT2D eigenvalue weighted by atomic mass is 16.5. The molecule has 0 unspecified atom stereocenters. The molecule has 2 aliphatic heterocycles. The van der Waals surface area contributed by atoms with E-state index in [0.717, 1.165) is 83.2 Å². The molecule has 1 amide bonds. The lowest BCUT2D eigenvalue weighted by atomic mass is 9.91. The van der Waals surface area contributed by atoms with Crippen molar-refractivity contribution in [2.45, 2.75) is 88.5 Å². The van der Waals surface area contributed by atoms with Crippen molar-refractivity contribution in [1.82, 2.24) is 9.80 Å². The first-order chi connectivity index (χ1) is 16.5. The number of aliphatic hydroxyl groups is 2. The largest absolute Gasteiger partial charge is 0.490 e. The van der Waals surface area contributed by atoms with Crippen molar-refractivity contribution in [3.63, 3.8) is 0 Å². The second-order valence-corrected chi connectivity index (χ2v) is 10.2. The van der Waals surface area contributed by atoms with Crippen LogP contribution >= 0.6 is 0 Å². The highest BCUT2D eigenvalue weighted by Gasteiger charge is 2.29. The molecule has 34 heavy (non-hydrogen) atoms. The Labute approximate surface area is 204 Å². The standard InChI is InChI=1S/C27H42N2O5/c1-28(21-9-6-10-21)27(32)23-11-5-8-20-7-3-2-4-15-29(22-13-17-33-18-14-22)16-12-24(30)25(31)19-34-26(20)23/h5,8,11,21-22,24-25,30-31H,2-4,6-7,9-10,12-19H2,1H3/t24-,25+/m0/s1. The van der Waals surface area contributed by atoms with Gasteiger partial charge in [0.2, 0.25) is 0 Å². The van der Waals surface area contributed by atoms with Crippen molar-refractivity contribution in [2.24, 2.45) is 0 Å². The molecule has 1 aromatic rings. The van der Waals surface area contributed by atoms with Crippen LogP contribution in [0.5, 0.6) is 5.75 Å². The van der Waals surface area contributed by atoms with Gasteiger partial charge in [0, 0.05) is 38.9 Å². The van der Waals surface area contributed by atoms with Gasteiger partial charge in [-0.25, -0.2) is 0 Å². The first kappa shape index (κ1) is 25.4. The number of carbonyl (C=O) groups is 1. The lowest BCUT2D eigenvalue weighted by molar-refractivity contribution is -0.0229. The van der Waals surface area contributed by atoms with Gasteiger partial charge in [-0.05, 0) is 76.0 Å². The Morgan fingerprint density at radius 1 is 0.971 bits per heavy atom. The molecule has 2 heterocycles. The summed E-state index contributed by atoms with van der Waals surface area (Å²) in [6.07, 6.45) is 8.01. The molecule has 1 saturated carbocycles. The van der Waals surface area contributed by atoms with Crippen LogP contribution < -0.4 is 4.74 Å². The van der Waals surface area contributed by atoms with E-state index in [0.29, 0.717) is 29.8 Å². The number of para-hydroxylation sites is 1. The summed E-state index contributed by atoms with van der Waals surface area (Å²) in [6, 6.07) is 6.58. The van der Waals surface area contributed by atoms with Gasteiger partial charge in [0.05, 0.1) is 11.7 Å². The minimum atomic E-state index is -1.00. The van der Waals surface area contributed by atoms with Crippen LogP contribution in [0.2, 0.25) is 0 Å². The van der Waals surface area contributed by atoms with Crippen LogP contribution in [-0.2, 0) is 11.2 Å². The number of aliphatic hydroxyl groups excluding tert-OH is 2.